The quantitative estimate of drug-likeness (QED) is 0.852. The molecule has 0 saturated carbocycles. The summed E-state index contributed by atoms with van der Waals surface area (Å²) >= 11 is 0. The maximum atomic E-state index is 12.6. The average molecular weight is 262 g/mol. The molecule has 4 nitrogen and oxygen atoms in total. The van der Waals surface area contributed by atoms with Gasteiger partial charge in [0, 0.05) is 19.6 Å². The molecule has 1 heterocycles. The maximum absolute atomic E-state index is 12.6. The van der Waals surface area contributed by atoms with Gasteiger partial charge < -0.3 is 15.3 Å². The van der Waals surface area contributed by atoms with Gasteiger partial charge in [-0.1, -0.05) is 19.1 Å². The topological polar surface area (TPSA) is 52.6 Å². The Morgan fingerprint density at radius 2 is 2.26 bits per heavy atom. The van der Waals surface area contributed by atoms with E-state index in [0.29, 0.717) is 13.1 Å². The first-order chi connectivity index (χ1) is 9.27. The molecule has 0 spiro atoms. The van der Waals surface area contributed by atoms with E-state index in [2.05, 4.69) is 11.4 Å². The Kier molecular flexibility index (Phi) is 4.80. The van der Waals surface area contributed by atoms with Gasteiger partial charge in [-0.3, -0.25) is 4.79 Å². The Hall–Kier alpha value is -1.55. The van der Waals surface area contributed by atoms with E-state index in [1.165, 1.54) is 5.56 Å². The molecular weight excluding hydrogens is 240 g/mol. The van der Waals surface area contributed by atoms with Crippen LogP contribution in [0.25, 0.3) is 0 Å². The molecule has 0 radical (unpaired) electrons. The van der Waals surface area contributed by atoms with Gasteiger partial charge in [0.1, 0.15) is 0 Å². The van der Waals surface area contributed by atoms with Crippen molar-refractivity contribution in [3.63, 3.8) is 0 Å². The number of hydrogen-bond acceptors (Lipinski definition) is 3. The van der Waals surface area contributed by atoms with Gasteiger partial charge >= 0.3 is 0 Å². The van der Waals surface area contributed by atoms with Crippen molar-refractivity contribution in [3.8, 4) is 0 Å². The fraction of sp³-hybridized carbons (Fsp3) is 0.533. The van der Waals surface area contributed by atoms with E-state index in [4.69, 9.17) is 5.11 Å². The zero-order chi connectivity index (χ0) is 13.7. The summed E-state index contributed by atoms with van der Waals surface area (Å²) in [4.78, 5) is 14.3. The lowest BCUT2D eigenvalue weighted by Crippen LogP contribution is -2.35. The average Bonchev–Trinajstić information content (AvgIpc) is 2.46. The molecule has 0 aromatic heterocycles. The van der Waals surface area contributed by atoms with Gasteiger partial charge in [-0.25, -0.2) is 0 Å². The number of aliphatic hydroxyl groups is 1. The molecule has 0 unspecified atom stereocenters. The van der Waals surface area contributed by atoms with Gasteiger partial charge in [-0.15, -0.1) is 0 Å². The van der Waals surface area contributed by atoms with Crippen LogP contribution in [-0.2, 0) is 6.42 Å². The molecule has 2 N–H and O–H groups in total. The van der Waals surface area contributed by atoms with Gasteiger partial charge in [0.25, 0.3) is 5.91 Å². The number of nitrogens with zero attached hydrogens (tertiary/aromatic N) is 1. The van der Waals surface area contributed by atoms with E-state index in [0.717, 1.165) is 37.1 Å². The molecule has 0 aliphatic carbocycles. The smallest absolute Gasteiger partial charge is 0.256 e. The van der Waals surface area contributed by atoms with Crippen LogP contribution in [0.2, 0.25) is 0 Å². The highest BCUT2D eigenvalue weighted by atomic mass is 16.3. The lowest BCUT2D eigenvalue weighted by atomic mass is 9.98. The lowest BCUT2D eigenvalue weighted by Gasteiger charge is -2.25. The summed E-state index contributed by atoms with van der Waals surface area (Å²) < 4.78 is 0. The molecule has 1 amide bonds. The van der Waals surface area contributed by atoms with Crippen LogP contribution in [0.4, 0.5) is 5.69 Å². The van der Waals surface area contributed by atoms with Crippen molar-refractivity contribution in [2.75, 3.05) is 31.6 Å². The number of para-hydroxylation sites is 1. The molecular formula is C15H22N2O2. The summed E-state index contributed by atoms with van der Waals surface area (Å²) in [6, 6.07) is 5.90. The van der Waals surface area contributed by atoms with Crippen molar-refractivity contribution < 1.29 is 9.90 Å². The minimum Gasteiger partial charge on any atom is -0.395 e. The van der Waals surface area contributed by atoms with E-state index in [9.17, 15) is 4.79 Å². The van der Waals surface area contributed by atoms with E-state index in [-0.39, 0.29) is 12.5 Å². The molecule has 0 fully saturated rings. The van der Waals surface area contributed by atoms with Gasteiger partial charge in [0.15, 0.2) is 0 Å². The molecule has 2 rings (SSSR count). The SMILES string of the molecule is CCCN(CCO)C(=O)c1cccc2c1NCCC2. The number of aryl methyl sites for hydroxylation is 1. The number of amides is 1. The fourth-order valence-corrected chi connectivity index (χ4v) is 2.56. The fourth-order valence-electron chi connectivity index (χ4n) is 2.56. The van der Waals surface area contributed by atoms with Crippen molar-refractivity contribution in [2.45, 2.75) is 26.2 Å². The van der Waals surface area contributed by atoms with E-state index < -0.39 is 0 Å². The van der Waals surface area contributed by atoms with Crippen molar-refractivity contribution in [1.82, 2.24) is 4.90 Å². The van der Waals surface area contributed by atoms with Crippen LogP contribution in [0, 0.1) is 0 Å². The number of rotatable bonds is 5. The Labute approximate surface area is 114 Å². The molecule has 1 aromatic rings. The molecule has 104 valence electrons. The van der Waals surface area contributed by atoms with E-state index in [1.54, 1.807) is 4.90 Å². The lowest BCUT2D eigenvalue weighted by molar-refractivity contribution is 0.0722. The summed E-state index contributed by atoms with van der Waals surface area (Å²) in [7, 11) is 0. The summed E-state index contributed by atoms with van der Waals surface area (Å²) in [5.74, 6) is 0.0159. The first-order valence-corrected chi connectivity index (χ1v) is 7.03. The Bertz CT molecular complexity index is 440. The minimum atomic E-state index is 0.00813. The van der Waals surface area contributed by atoms with Crippen LogP contribution in [-0.4, -0.2) is 42.2 Å². The highest BCUT2D eigenvalue weighted by Crippen LogP contribution is 2.27. The minimum absolute atomic E-state index is 0.00813. The van der Waals surface area contributed by atoms with E-state index in [1.807, 2.05) is 19.1 Å². The zero-order valence-electron chi connectivity index (χ0n) is 11.5. The number of hydrogen-bond donors (Lipinski definition) is 2. The predicted octanol–water partition coefficient (Wildman–Crippen LogP) is 1.89. The van der Waals surface area contributed by atoms with Gasteiger partial charge in [-0.05, 0) is 30.9 Å². The number of anilines is 1. The van der Waals surface area contributed by atoms with Crippen LogP contribution in [0.1, 0.15) is 35.7 Å². The molecule has 0 atom stereocenters. The maximum Gasteiger partial charge on any atom is 0.256 e. The van der Waals surface area contributed by atoms with Crippen LogP contribution >= 0.6 is 0 Å². The first kappa shape index (κ1) is 13.9. The number of benzene rings is 1. The normalized spacial score (nSPS) is 13.6. The van der Waals surface area contributed by atoms with Gasteiger partial charge in [0.2, 0.25) is 0 Å². The Morgan fingerprint density at radius 1 is 1.42 bits per heavy atom. The number of nitrogens with one attached hydrogen (secondary N) is 1. The summed E-state index contributed by atoms with van der Waals surface area (Å²) in [5, 5.41) is 12.4. The zero-order valence-corrected chi connectivity index (χ0v) is 11.5. The molecule has 0 saturated heterocycles. The van der Waals surface area contributed by atoms with Gasteiger partial charge in [-0.2, -0.15) is 0 Å². The molecule has 1 aliphatic rings. The number of carbonyl (C=O) groups is 1. The molecule has 1 aliphatic heterocycles. The predicted molar refractivity (Wildman–Crippen MR) is 76.5 cm³/mol. The van der Waals surface area contributed by atoms with Crippen molar-refractivity contribution >= 4 is 11.6 Å². The second-order valence-electron chi connectivity index (χ2n) is 4.89. The molecule has 19 heavy (non-hydrogen) atoms. The molecule has 1 aromatic carbocycles. The standard InChI is InChI=1S/C15H22N2O2/c1-2-9-17(10-11-18)15(19)13-7-3-5-12-6-4-8-16-14(12)13/h3,5,7,16,18H,2,4,6,8-11H2,1H3. The largest absolute Gasteiger partial charge is 0.395 e. The first-order valence-electron chi connectivity index (χ1n) is 7.03. The number of aliphatic hydroxyl groups excluding tert-OH is 1. The van der Waals surface area contributed by atoms with Crippen LogP contribution in [0.15, 0.2) is 18.2 Å². The van der Waals surface area contributed by atoms with Crippen molar-refractivity contribution in [1.29, 1.82) is 0 Å². The monoisotopic (exact) mass is 262 g/mol. The summed E-state index contributed by atoms with van der Waals surface area (Å²) in [6.07, 6.45) is 3.03. The van der Waals surface area contributed by atoms with E-state index >= 15 is 0 Å². The number of fused-ring (bicyclic) bond motifs is 1. The number of carbonyl (C=O) groups excluding carboxylic acids is 1. The second kappa shape index (κ2) is 6.57. The van der Waals surface area contributed by atoms with Crippen LogP contribution in [0.3, 0.4) is 0 Å². The molecule has 0 bridgehead atoms. The Balaban J connectivity index is 2.27. The third kappa shape index (κ3) is 3.07. The van der Waals surface area contributed by atoms with Crippen molar-refractivity contribution in [2.24, 2.45) is 0 Å². The molecule has 4 heteroatoms. The summed E-state index contributed by atoms with van der Waals surface area (Å²) in [5.41, 5.74) is 2.94. The van der Waals surface area contributed by atoms with Crippen molar-refractivity contribution in [3.05, 3.63) is 29.3 Å². The third-order valence-corrected chi connectivity index (χ3v) is 3.46. The highest BCUT2D eigenvalue weighted by molar-refractivity contribution is 6.00. The highest BCUT2D eigenvalue weighted by Gasteiger charge is 2.21. The van der Waals surface area contributed by atoms with Gasteiger partial charge in [0.05, 0.1) is 17.9 Å². The van der Waals surface area contributed by atoms with Crippen LogP contribution in [0.5, 0.6) is 0 Å². The summed E-state index contributed by atoms with van der Waals surface area (Å²) in [6.45, 7) is 4.05. The second-order valence-corrected chi connectivity index (χ2v) is 4.89. The third-order valence-electron chi connectivity index (χ3n) is 3.46. The Morgan fingerprint density at radius 3 is 3.00 bits per heavy atom. The van der Waals surface area contributed by atoms with Crippen LogP contribution < -0.4 is 5.32 Å².